The van der Waals surface area contributed by atoms with E-state index in [0.717, 1.165) is 18.4 Å². The fourth-order valence-electron chi connectivity index (χ4n) is 1.76. The second-order valence-electron chi connectivity index (χ2n) is 5.90. The first-order valence-electron chi connectivity index (χ1n) is 6.79. The summed E-state index contributed by atoms with van der Waals surface area (Å²) >= 11 is 0. The molecule has 1 rings (SSSR count). The predicted molar refractivity (Wildman–Crippen MR) is 78.3 cm³/mol. The van der Waals surface area contributed by atoms with Crippen LogP contribution in [0.5, 0.6) is 0 Å². The van der Waals surface area contributed by atoms with Crippen LogP contribution in [0, 0.1) is 11.3 Å². The minimum Gasteiger partial charge on any atom is -0.444 e. The lowest BCUT2D eigenvalue weighted by molar-refractivity contribution is 0.0506. The Hall–Kier alpha value is -2.02. The van der Waals surface area contributed by atoms with Crippen LogP contribution in [-0.2, 0) is 11.2 Å². The largest absolute Gasteiger partial charge is 0.444 e. The highest BCUT2D eigenvalue weighted by atomic mass is 16.6. The van der Waals surface area contributed by atoms with Gasteiger partial charge in [-0.15, -0.1) is 0 Å². The van der Waals surface area contributed by atoms with Crippen molar-refractivity contribution in [2.45, 2.75) is 52.2 Å². The standard InChI is InChI=1S/C16H22N2O2/c1-12(18-15(19)20-16(2,3)4)8-9-13-6-5-7-14(10-13)11-17/h5-7,10,12H,8-9H2,1-4H3,(H,18,19)/t12-/m0/s1. The second-order valence-corrected chi connectivity index (χ2v) is 5.90. The van der Waals surface area contributed by atoms with Crippen molar-refractivity contribution < 1.29 is 9.53 Å². The number of rotatable bonds is 4. The molecule has 0 aliphatic carbocycles. The maximum atomic E-state index is 11.6. The van der Waals surface area contributed by atoms with E-state index in [4.69, 9.17) is 10.00 Å². The SMILES string of the molecule is C[C@@H](CCc1cccc(C#N)c1)NC(=O)OC(C)(C)C. The van der Waals surface area contributed by atoms with Gasteiger partial charge in [0.05, 0.1) is 11.6 Å². The Labute approximate surface area is 120 Å². The minimum absolute atomic E-state index is 0.0237. The topological polar surface area (TPSA) is 62.1 Å². The van der Waals surface area contributed by atoms with Crippen LogP contribution in [0.1, 0.15) is 45.2 Å². The molecule has 1 N–H and O–H groups in total. The Bertz CT molecular complexity index is 498. The van der Waals surface area contributed by atoms with Crippen LogP contribution in [-0.4, -0.2) is 17.7 Å². The molecule has 0 radical (unpaired) electrons. The van der Waals surface area contributed by atoms with E-state index in [2.05, 4.69) is 11.4 Å². The quantitative estimate of drug-likeness (QED) is 0.915. The third kappa shape index (κ3) is 6.24. The second kappa shape index (κ2) is 6.95. The Morgan fingerprint density at radius 2 is 2.15 bits per heavy atom. The molecule has 0 saturated carbocycles. The number of ether oxygens (including phenoxy) is 1. The molecule has 0 saturated heterocycles. The van der Waals surface area contributed by atoms with Gasteiger partial charge >= 0.3 is 6.09 Å². The van der Waals surface area contributed by atoms with Gasteiger partial charge in [-0.3, -0.25) is 0 Å². The molecule has 0 heterocycles. The van der Waals surface area contributed by atoms with E-state index >= 15 is 0 Å². The molecular weight excluding hydrogens is 252 g/mol. The van der Waals surface area contributed by atoms with Crippen molar-refractivity contribution in [3.8, 4) is 6.07 Å². The van der Waals surface area contributed by atoms with Crippen molar-refractivity contribution in [3.05, 3.63) is 35.4 Å². The summed E-state index contributed by atoms with van der Waals surface area (Å²) in [5.41, 5.74) is 1.28. The summed E-state index contributed by atoms with van der Waals surface area (Å²) in [5, 5.41) is 11.7. The van der Waals surface area contributed by atoms with Gasteiger partial charge < -0.3 is 10.1 Å². The number of aryl methyl sites for hydroxylation is 1. The van der Waals surface area contributed by atoms with Crippen LogP contribution >= 0.6 is 0 Å². The highest BCUT2D eigenvalue weighted by molar-refractivity contribution is 5.68. The zero-order chi connectivity index (χ0) is 15.2. The zero-order valence-electron chi connectivity index (χ0n) is 12.6. The monoisotopic (exact) mass is 274 g/mol. The molecule has 20 heavy (non-hydrogen) atoms. The minimum atomic E-state index is -0.481. The Balaban J connectivity index is 2.41. The van der Waals surface area contributed by atoms with E-state index < -0.39 is 11.7 Å². The molecule has 4 heteroatoms. The highest BCUT2D eigenvalue weighted by Crippen LogP contribution is 2.10. The van der Waals surface area contributed by atoms with Crippen LogP contribution < -0.4 is 5.32 Å². The summed E-state index contributed by atoms with van der Waals surface area (Å²) in [6.07, 6.45) is 1.22. The molecule has 1 aromatic carbocycles. The van der Waals surface area contributed by atoms with Gasteiger partial charge in [-0.25, -0.2) is 4.79 Å². The zero-order valence-corrected chi connectivity index (χ0v) is 12.6. The van der Waals surface area contributed by atoms with E-state index in [0.29, 0.717) is 5.56 Å². The molecule has 1 amide bonds. The van der Waals surface area contributed by atoms with Crippen LogP contribution in [0.3, 0.4) is 0 Å². The average molecular weight is 274 g/mol. The van der Waals surface area contributed by atoms with Gasteiger partial charge in [0.15, 0.2) is 0 Å². The van der Waals surface area contributed by atoms with Crippen molar-refractivity contribution in [1.29, 1.82) is 5.26 Å². The number of carbonyl (C=O) groups is 1. The summed E-state index contributed by atoms with van der Waals surface area (Å²) in [5.74, 6) is 0. The first-order valence-corrected chi connectivity index (χ1v) is 6.79. The number of nitrogens with one attached hydrogen (secondary N) is 1. The maximum absolute atomic E-state index is 11.6. The van der Waals surface area contributed by atoms with Crippen LogP contribution in [0.4, 0.5) is 4.79 Å². The maximum Gasteiger partial charge on any atom is 0.407 e. The summed E-state index contributed by atoms with van der Waals surface area (Å²) in [6, 6.07) is 9.67. The first-order chi connectivity index (χ1) is 9.30. The van der Waals surface area contributed by atoms with Crippen molar-refractivity contribution in [3.63, 3.8) is 0 Å². The molecule has 1 atom stereocenters. The highest BCUT2D eigenvalue weighted by Gasteiger charge is 2.17. The third-order valence-electron chi connectivity index (χ3n) is 2.69. The van der Waals surface area contributed by atoms with Crippen LogP contribution in [0.2, 0.25) is 0 Å². The number of amides is 1. The molecule has 108 valence electrons. The lowest BCUT2D eigenvalue weighted by Gasteiger charge is -2.22. The normalized spacial score (nSPS) is 12.3. The van der Waals surface area contributed by atoms with E-state index in [9.17, 15) is 4.79 Å². The smallest absolute Gasteiger partial charge is 0.407 e. The summed E-state index contributed by atoms with van der Waals surface area (Å²) in [4.78, 5) is 11.6. The van der Waals surface area contributed by atoms with Gasteiger partial charge in [-0.1, -0.05) is 12.1 Å². The van der Waals surface area contributed by atoms with E-state index in [1.165, 1.54) is 0 Å². The van der Waals surface area contributed by atoms with Crippen molar-refractivity contribution in [1.82, 2.24) is 5.32 Å². The van der Waals surface area contributed by atoms with Crippen LogP contribution in [0.15, 0.2) is 24.3 Å². The Morgan fingerprint density at radius 1 is 1.45 bits per heavy atom. The molecule has 0 spiro atoms. The number of nitrogens with zero attached hydrogens (tertiary/aromatic N) is 1. The first kappa shape index (κ1) is 16.0. The van der Waals surface area contributed by atoms with Gasteiger partial charge in [0.1, 0.15) is 5.60 Å². The molecule has 1 aromatic rings. The molecule has 4 nitrogen and oxygen atoms in total. The van der Waals surface area contributed by atoms with Crippen molar-refractivity contribution in [2.24, 2.45) is 0 Å². The number of hydrogen-bond acceptors (Lipinski definition) is 3. The van der Waals surface area contributed by atoms with Crippen molar-refractivity contribution >= 4 is 6.09 Å². The van der Waals surface area contributed by atoms with Gasteiger partial charge in [0.2, 0.25) is 0 Å². The molecule has 0 unspecified atom stereocenters. The fraction of sp³-hybridized carbons (Fsp3) is 0.500. The van der Waals surface area contributed by atoms with Gasteiger partial charge in [-0.2, -0.15) is 5.26 Å². The molecular formula is C16H22N2O2. The number of alkyl carbamates (subject to hydrolysis) is 1. The fourth-order valence-corrected chi connectivity index (χ4v) is 1.76. The molecule has 0 bridgehead atoms. The molecule has 0 fully saturated rings. The van der Waals surface area contributed by atoms with E-state index in [1.807, 2.05) is 45.9 Å². The van der Waals surface area contributed by atoms with Gasteiger partial charge in [0.25, 0.3) is 0 Å². The summed E-state index contributed by atoms with van der Waals surface area (Å²) < 4.78 is 5.20. The lowest BCUT2D eigenvalue weighted by atomic mass is 10.0. The van der Waals surface area contributed by atoms with Gasteiger partial charge in [-0.05, 0) is 58.2 Å². The number of benzene rings is 1. The molecule has 0 aromatic heterocycles. The van der Waals surface area contributed by atoms with Crippen molar-refractivity contribution in [2.75, 3.05) is 0 Å². The Morgan fingerprint density at radius 3 is 2.75 bits per heavy atom. The van der Waals surface area contributed by atoms with Gasteiger partial charge in [0, 0.05) is 6.04 Å². The third-order valence-corrected chi connectivity index (χ3v) is 2.69. The number of carbonyl (C=O) groups excluding carboxylic acids is 1. The van der Waals surface area contributed by atoms with E-state index in [1.54, 1.807) is 6.07 Å². The molecule has 0 aliphatic heterocycles. The predicted octanol–water partition coefficient (Wildman–Crippen LogP) is 3.40. The van der Waals surface area contributed by atoms with Crippen LogP contribution in [0.25, 0.3) is 0 Å². The number of nitriles is 1. The lowest BCUT2D eigenvalue weighted by Crippen LogP contribution is -2.37. The number of hydrogen-bond donors (Lipinski definition) is 1. The summed E-state index contributed by atoms with van der Waals surface area (Å²) in [7, 11) is 0. The summed E-state index contributed by atoms with van der Waals surface area (Å²) in [6.45, 7) is 7.46. The van der Waals surface area contributed by atoms with E-state index in [-0.39, 0.29) is 6.04 Å². The average Bonchev–Trinajstić information content (AvgIpc) is 2.34. The molecule has 0 aliphatic rings. The Kier molecular flexibility index (Phi) is 5.57.